The van der Waals surface area contributed by atoms with Crippen LogP contribution in [0.15, 0.2) is 12.8 Å². The molecule has 0 unspecified atom stereocenters. The Morgan fingerprint density at radius 2 is 1.92 bits per heavy atom. The van der Waals surface area contributed by atoms with Gasteiger partial charge in [0.25, 0.3) is 10.1 Å². The Labute approximate surface area is 77.5 Å². The van der Waals surface area contributed by atoms with Gasteiger partial charge in [0.05, 0.1) is 12.5 Å². The van der Waals surface area contributed by atoms with Crippen molar-refractivity contribution in [1.82, 2.24) is 0 Å². The molecular weight excluding hydrogens is 196 g/mol. The minimum atomic E-state index is -3.68. The summed E-state index contributed by atoms with van der Waals surface area (Å²) in [5.41, 5.74) is -1.53. The normalized spacial score (nSPS) is 12.2. The number of hydrogen-bond donors (Lipinski definition) is 0. The lowest BCUT2D eigenvalue weighted by atomic mass is 10.1. The first kappa shape index (κ1) is 12.1. The number of ether oxygens (including phenoxy) is 1. The molecule has 0 radical (unpaired) electrons. The van der Waals surface area contributed by atoms with Crippen LogP contribution in [0.2, 0.25) is 0 Å². The highest BCUT2D eigenvalue weighted by molar-refractivity contribution is 7.86. The fourth-order valence-electron chi connectivity index (χ4n) is 0.630. The minimum Gasteiger partial charge on any atom is -0.433 e. The smallest absolute Gasteiger partial charge is 0.344 e. The van der Waals surface area contributed by atoms with Crippen LogP contribution in [-0.4, -0.2) is 26.2 Å². The molecule has 0 N–H and O–H groups in total. The molecule has 0 fully saturated rings. The number of carbonyl (C=O) groups excluding carboxylic acids is 1. The Balaban J connectivity index is 4.57. The molecule has 13 heavy (non-hydrogen) atoms. The summed E-state index contributed by atoms with van der Waals surface area (Å²) in [6.07, 6.45) is 1.77. The molecule has 0 spiro atoms. The number of esters is 1. The molecule has 0 saturated carbocycles. The Hall–Kier alpha value is -0.880. The molecule has 6 heteroatoms. The van der Waals surface area contributed by atoms with Crippen molar-refractivity contribution in [3.63, 3.8) is 0 Å². The zero-order valence-electron chi connectivity index (χ0n) is 7.73. The van der Waals surface area contributed by atoms with Gasteiger partial charge in [-0.15, -0.1) is 0 Å². The van der Waals surface area contributed by atoms with E-state index in [0.717, 1.165) is 12.5 Å². The first-order chi connectivity index (χ1) is 5.69. The van der Waals surface area contributed by atoms with Gasteiger partial charge in [0.2, 0.25) is 0 Å². The Bertz CT molecular complexity index is 301. The van der Waals surface area contributed by atoms with Crippen molar-refractivity contribution in [3.05, 3.63) is 12.8 Å². The second-order valence-electron chi connectivity index (χ2n) is 2.87. The molecule has 5 nitrogen and oxygen atoms in total. The van der Waals surface area contributed by atoms with E-state index in [4.69, 9.17) is 0 Å². The van der Waals surface area contributed by atoms with Crippen LogP contribution in [-0.2, 0) is 23.8 Å². The van der Waals surface area contributed by atoms with Gasteiger partial charge in [0.15, 0.2) is 5.60 Å². The number of rotatable bonds is 4. The largest absolute Gasteiger partial charge is 0.433 e. The van der Waals surface area contributed by atoms with Crippen molar-refractivity contribution < 1.29 is 22.1 Å². The molecular formula is C7H12O5S. The Kier molecular flexibility index (Phi) is 3.62. The number of carbonyl (C=O) groups is 1. The van der Waals surface area contributed by atoms with Crippen molar-refractivity contribution in [2.75, 3.05) is 6.26 Å². The van der Waals surface area contributed by atoms with E-state index in [9.17, 15) is 13.2 Å². The van der Waals surface area contributed by atoms with E-state index < -0.39 is 21.7 Å². The predicted molar refractivity (Wildman–Crippen MR) is 46.3 cm³/mol. The maximum Gasteiger partial charge on any atom is 0.344 e. The lowest BCUT2D eigenvalue weighted by molar-refractivity contribution is -0.152. The van der Waals surface area contributed by atoms with Crippen molar-refractivity contribution in [2.24, 2.45) is 0 Å². The second-order valence-corrected chi connectivity index (χ2v) is 4.44. The third-order valence-electron chi connectivity index (χ3n) is 1.04. The lowest BCUT2D eigenvalue weighted by Gasteiger charge is -2.19. The summed E-state index contributed by atoms with van der Waals surface area (Å²) < 4.78 is 30.3. The monoisotopic (exact) mass is 208 g/mol. The molecule has 0 rings (SSSR count). The zero-order chi connectivity index (χ0) is 10.7. The third-order valence-corrected chi connectivity index (χ3v) is 1.76. The molecule has 0 aromatic heterocycles. The van der Waals surface area contributed by atoms with E-state index in [-0.39, 0.29) is 0 Å². The molecule has 0 aromatic carbocycles. The summed E-state index contributed by atoms with van der Waals surface area (Å²) >= 11 is 0. The van der Waals surface area contributed by atoms with Gasteiger partial charge in [-0.2, -0.15) is 8.42 Å². The van der Waals surface area contributed by atoms with Gasteiger partial charge < -0.3 is 4.74 Å². The fourth-order valence-corrected chi connectivity index (χ4v) is 1.45. The Morgan fingerprint density at radius 3 is 2.23 bits per heavy atom. The summed E-state index contributed by atoms with van der Waals surface area (Å²) in [5.74, 6) is -0.812. The maximum absolute atomic E-state index is 11.1. The van der Waals surface area contributed by atoms with Gasteiger partial charge in [-0.1, -0.05) is 6.58 Å². The Morgan fingerprint density at radius 1 is 1.46 bits per heavy atom. The third kappa shape index (κ3) is 4.64. The van der Waals surface area contributed by atoms with Crippen LogP contribution in [0.4, 0.5) is 0 Å². The van der Waals surface area contributed by atoms with Crippen LogP contribution in [0.1, 0.15) is 13.8 Å². The predicted octanol–water partition coefficient (Wildman–Crippen LogP) is 0.428. The van der Waals surface area contributed by atoms with E-state index in [1.165, 1.54) is 13.8 Å². The molecule has 0 aliphatic rings. The SMILES string of the molecule is C=COC(=O)C(C)(C)OS(C)(=O)=O. The molecule has 0 amide bonds. The molecule has 76 valence electrons. The molecule has 0 aliphatic heterocycles. The molecule has 0 aliphatic carbocycles. The summed E-state index contributed by atoms with van der Waals surface area (Å²) in [6.45, 7) is 5.75. The van der Waals surface area contributed by atoms with E-state index >= 15 is 0 Å². The molecule has 0 aromatic rings. The highest BCUT2D eigenvalue weighted by atomic mass is 32.2. The van der Waals surface area contributed by atoms with Crippen molar-refractivity contribution >= 4 is 16.1 Å². The summed E-state index contributed by atoms with van der Waals surface area (Å²) in [4.78, 5) is 11.1. The topological polar surface area (TPSA) is 69.7 Å². The highest BCUT2D eigenvalue weighted by Crippen LogP contribution is 2.14. The van der Waals surface area contributed by atoms with Crippen LogP contribution in [0, 0.1) is 0 Å². The first-order valence-electron chi connectivity index (χ1n) is 3.41. The average Bonchev–Trinajstić information content (AvgIpc) is 1.82. The van der Waals surface area contributed by atoms with Gasteiger partial charge in [0, 0.05) is 0 Å². The van der Waals surface area contributed by atoms with Gasteiger partial charge in [0.1, 0.15) is 0 Å². The van der Waals surface area contributed by atoms with Crippen LogP contribution in [0.5, 0.6) is 0 Å². The summed E-state index contributed by atoms with van der Waals surface area (Å²) in [6, 6.07) is 0. The zero-order valence-corrected chi connectivity index (χ0v) is 8.55. The van der Waals surface area contributed by atoms with Crippen molar-refractivity contribution in [1.29, 1.82) is 0 Å². The van der Waals surface area contributed by atoms with Gasteiger partial charge in [-0.3, -0.25) is 4.18 Å². The minimum absolute atomic E-state index is 0.812. The highest BCUT2D eigenvalue weighted by Gasteiger charge is 2.34. The number of hydrogen-bond acceptors (Lipinski definition) is 5. The van der Waals surface area contributed by atoms with Gasteiger partial charge in [-0.05, 0) is 13.8 Å². The van der Waals surface area contributed by atoms with Crippen LogP contribution in [0.3, 0.4) is 0 Å². The van der Waals surface area contributed by atoms with Crippen LogP contribution >= 0.6 is 0 Å². The van der Waals surface area contributed by atoms with E-state index in [1.54, 1.807) is 0 Å². The van der Waals surface area contributed by atoms with Crippen molar-refractivity contribution in [2.45, 2.75) is 19.4 Å². The van der Waals surface area contributed by atoms with Crippen LogP contribution in [0.25, 0.3) is 0 Å². The molecule has 0 heterocycles. The van der Waals surface area contributed by atoms with Crippen LogP contribution < -0.4 is 0 Å². The average molecular weight is 208 g/mol. The van der Waals surface area contributed by atoms with Gasteiger partial charge >= 0.3 is 5.97 Å². The van der Waals surface area contributed by atoms with Crippen molar-refractivity contribution in [3.8, 4) is 0 Å². The van der Waals surface area contributed by atoms with E-state index in [2.05, 4.69) is 15.5 Å². The molecule has 0 bridgehead atoms. The maximum atomic E-state index is 11.1. The second kappa shape index (κ2) is 3.89. The van der Waals surface area contributed by atoms with Gasteiger partial charge in [-0.25, -0.2) is 4.79 Å². The first-order valence-corrected chi connectivity index (χ1v) is 5.23. The standard InChI is InChI=1S/C7H12O5S/c1-5-11-6(8)7(2,3)12-13(4,9)10/h5H,1H2,2-4H3. The quantitative estimate of drug-likeness (QED) is 0.380. The molecule has 0 atom stereocenters. The summed E-state index contributed by atoms with van der Waals surface area (Å²) in [7, 11) is -3.68. The van der Waals surface area contributed by atoms with E-state index in [1.807, 2.05) is 0 Å². The molecule has 0 saturated heterocycles. The lowest BCUT2D eigenvalue weighted by Crippen LogP contribution is -2.37. The van der Waals surface area contributed by atoms with E-state index in [0.29, 0.717) is 0 Å². The summed E-state index contributed by atoms with van der Waals surface area (Å²) in [5, 5.41) is 0. The fraction of sp³-hybridized carbons (Fsp3) is 0.571.